The van der Waals surface area contributed by atoms with Gasteiger partial charge in [-0.25, -0.2) is 9.37 Å². The van der Waals surface area contributed by atoms with E-state index in [-0.39, 0.29) is 17.6 Å². The molecule has 4 aromatic rings. The second-order valence-electron chi connectivity index (χ2n) is 8.48. The summed E-state index contributed by atoms with van der Waals surface area (Å²) in [5, 5.41) is 2.88. The molecule has 1 saturated carbocycles. The number of rotatable bonds is 7. The summed E-state index contributed by atoms with van der Waals surface area (Å²) in [5.41, 5.74) is 3.46. The molecule has 0 saturated heterocycles. The van der Waals surface area contributed by atoms with Crippen molar-refractivity contribution in [1.82, 2.24) is 9.55 Å². The van der Waals surface area contributed by atoms with Gasteiger partial charge in [0.25, 0.3) is 5.91 Å². The quantitative estimate of drug-likeness (QED) is 0.338. The third-order valence-corrected chi connectivity index (χ3v) is 6.38. The number of imidazole rings is 1. The summed E-state index contributed by atoms with van der Waals surface area (Å²) in [6, 6.07) is 13.4. The first-order valence-electron chi connectivity index (χ1n) is 11.5. The van der Waals surface area contributed by atoms with Crippen LogP contribution in [0.15, 0.2) is 65.5 Å². The molecule has 7 nitrogen and oxygen atoms in total. The van der Waals surface area contributed by atoms with Gasteiger partial charge in [-0.1, -0.05) is 12.8 Å². The number of anilines is 1. The number of carbonyl (C=O) groups excluding carboxylic acids is 1. The number of nitrogens with zero attached hydrogens (tertiary/aromatic N) is 2. The van der Waals surface area contributed by atoms with E-state index in [2.05, 4.69) is 9.88 Å². The number of hydrogen-bond acceptors (Lipinski definition) is 5. The van der Waals surface area contributed by atoms with E-state index in [1.807, 2.05) is 12.4 Å². The molecule has 0 aliphatic heterocycles. The maximum atomic E-state index is 13.7. The predicted molar refractivity (Wildman–Crippen MR) is 130 cm³/mol. The van der Waals surface area contributed by atoms with Crippen LogP contribution in [-0.2, 0) is 0 Å². The first kappa shape index (κ1) is 22.7. The molecule has 5 rings (SSSR count). The van der Waals surface area contributed by atoms with E-state index < -0.39 is 5.91 Å². The Morgan fingerprint density at radius 3 is 2.54 bits per heavy atom. The normalized spacial score (nSPS) is 13.7. The number of furan rings is 1. The molecule has 2 aromatic heterocycles. The van der Waals surface area contributed by atoms with E-state index in [0.717, 1.165) is 36.9 Å². The number of amides is 1. The average molecular weight is 476 g/mol. The average Bonchev–Trinajstić information content (AvgIpc) is 3.65. The van der Waals surface area contributed by atoms with Crippen LogP contribution in [0.5, 0.6) is 11.5 Å². The van der Waals surface area contributed by atoms with Gasteiger partial charge in [-0.2, -0.15) is 0 Å². The molecule has 1 fully saturated rings. The molecule has 1 aliphatic rings. The Balaban J connectivity index is 1.69. The van der Waals surface area contributed by atoms with Gasteiger partial charge in [0.1, 0.15) is 11.6 Å². The van der Waals surface area contributed by atoms with Crippen LogP contribution in [0.4, 0.5) is 10.1 Å². The molecule has 0 bridgehead atoms. The minimum atomic E-state index is -0.407. The number of nitrogens with one attached hydrogen (secondary N) is 1. The number of halogens is 1. The Hall–Kier alpha value is -4.07. The van der Waals surface area contributed by atoms with Crippen molar-refractivity contribution in [2.75, 3.05) is 19.5 Å². The molecule has 1 aliphatic carbocycles. The standard InChI is InChI=1S/C27H26FN3O4/c1-33-20-14-21(26(34-2)22(15-20)30-27(32)23-8-5-13-35-23)25-24(17-9-11-18(28)12-10-17)29-16-31(25)19-6-3-4-7-19/h5,8-16,19H,3-4,6-7H2,1-2H3,(H,30,32). The van der Waals surface area contributed by atoms with Crippen LogP contribution in [0.1, 0.15) is 42.3 Å². The summed E-state index contributed by atoms with van der Waals surface area (Å²) in [5.74, 6) is 0.469. The molecular formula is C27H26FN3O4. The molecule has 2 aromatic carbocycles. The van der Waals surface area contributed by atoms with E-state index in [1.165, 1.54) is 18.4 Å². The minimum Gasteiger partial charge on any atom is -0.497 e. The lowest BCUT2D eigenvalue weighted by Crippen LogP contribution is -2.13. The number of aromatic nitrogens is 2. The molecule has 180 valence electrons. The van der Waals surface area contributed by atoms with Crippen molar-refractivity contribution in [3.8, 4) is 34.0 Å². The second kappa shape index (κ2) is 9.66. The van der Waals surface area contributed by atoms with Crippen molar-refractivity contribution >= 4 is 11.6 Å². The summed E-state index contributed by atoms with van der Waals surface area (Å²) >= 11 is 0. The third-order valence-electron chi connectivity index (χ3n) is 6.38. The van der Waals surface area contributed by atoms with Crippen molar-refractivity contribution in [2.45, 2.75) is 31.7 Å². The summed E-state index contributed by atoms with van der Waals surface area (Å²) in [4.78, 5) is 17.5. The van der Waals surface area contributed by atoms with Crippen molar-refractivity contribution in [2.24, 2.45) is 0 Å². The zero-order valence-corrected chi connectivity index (χ0v) is 19.6. The number of ether oxygens (including phenoxy) is 2. The molecular weight excluding hydrogens is 449 g/mol. The lowest BCUT2D eigenvalue weighted by molar-refractivity contribution is 0.0996. The zero-order chi connectivity index (χ0) is 24.4. The van der Waals surface area contributed by atoms with Crippen LogP contribution >= 0.6 is 0 Å². The van der Waals surface area contributed by atoms with Crippen molar-refractivity contribution in [1.29, 1.82) is 0 Å². The zero-order valence-electron chi connectivity index (χ0n) is 19.6. The molecule has 8 heteroatoms. The summed E-state index contributed by atoms with van der Waals surface area (Å²) < 4.78 is 32.5. The summed E-state index contributed by atoms with van der Waals surface area (Å²) in [7, 11) is 3.13. The highest BCUT2D eigenvalue weighted by molar-refractivity contribution is 6.04. The fourth-order valence-corrected chi connectivity index (χ4v) is 4.71. The number of methoxy groups -OCH3 is 2. The highest BCUT2D eigenvalue weighted by atomic mass is 19.1. The molecule has 2 heterocycles. The molecule has 1 N–H and O–H groups in total. The summed E-state index contributed by atoms with van der Waals surface area (Å²) in [6.07, 6.45) is 7.66. The van der Waals surface area contributed by atoms with Gasteiger partial charge in [-0.15, -0.1) is 0 Å². The van der Waals surface area contributed by atoms with E-state index in [9.17, 15) is 9.18 Å². The van der Waals surface area contributed by atoms with Gasteiger partial charge in [0.2, 0.25) is 0 Å². The highest BCUT2D eigenvalue weighted by Gasteiger charge is 2.27. The number of carbonyl (C=O) groups is 1. The lowest BCUT2D eigenvalue weighted by Gasteiger charge is -2.21. The van der Waals surface area contributed by atoms with Crippen LogP contribution in [0.2, 0.25) is 0 Å². The predicted octanol–water partition coefficient (Wildman–Crippen LogP) is 6.33. The van der Waals surface area contributed by atoms with Crippen molar-refractivity contribution < 1.29 is 23.1 Å². The number of benzene rings is 2. The molecule has 35 heavy (non-hydrogen) atoms. The SMILES string of the molecule is COc1cc(NC(=O)c2ccco2)c(OC)c(-c2c(-c3ccc(F)cc3)ncn2C2CCCC2)c1. The molecule has 0 radical (unpaired) electrons. The van der Waals surface area contributed by atoms with Gasteiger partial charge >= 0.3 is 0 Å². The topological polar surface area (TPSA) is 78.5 Å². The smallest absolute Gasteiger partial charge is 0.291 e. The van der Waals surface area contributed by atoms with E-state index in [1.54, 1.807) is 44.6 Å². The second-order valence-corrected chi connectivity index (χ2v) is 8.48. The van der Waals surface area contributed by atoms with Crippen molar-refractivity contribution in [3.63, 3.8) is 0 Å². The van der Waals surface area contributed by atoms with Crippen LogP contribution in [-0.4, -0.2) is 29.7 Å². The minimum absolute atomic E-state index is 0.180. The summed E-state index contributed by atoms with van der Waals surface area (Å²) in [6.45, 7) is 0. The monoisotopic (exact) mass is 475 g/mol. The first-order chi connectivity index (χ1) is 17.1. The van der Waals surface area contributed by atoms with Crippen molar-refractivity contribution in [3.05, 3.63) is 72.7 Å². The Morgan fingerprint density at radius 2 is 1.89 bits per heavy atom. The van der Waals surface area contributed by atoms with E-state index in [4.69, 9.17) is 18.9 Å². The van der Waals surface area contributed by atoms with Gasteiger partial charge in [-0.05, 0) is 55.3 Å². The van der Waals surface area contributed by atoms with Crippen LogP contribution in [0.25, 0.3) is 22.5 Å². The highest BCUT2D eigenvalue weighted by Crippen LogP contribution is 2.46. The Bertz CT molecular complexity index is 1320. The number of hydrogen-bond donors (Lipinski definition) is 1. The fraction of sp³-hybridized carbons (Fsp3) is 0.259. The molecule has 0 atom stereocenters. The van der Waals surface area contributed by atoms with Gasteiger partial charge in [0, 0.05) is 23.2 Å². The molecule has 0 unspecified atom stereocenters. The first-order valence-corrected chi connectivity index (χ1v) is 11.5. The Morgan fingerprint density at radius 1 is 1.11 bits per heavy atom. The van der Waals surface area contributed by atoms with Gasteiger partial charge in [0.05, 0.1) is 43.9 Å². The maximum absolute atomic E-state index is 13.7. The van der Waals surface area contributed by atoms with Gasteiger partial charge in [0.15, 0.2) is 11.5 Å². The lowest BCUT2D eigenvalue weighted by atomic mass is 10.0. The molecule has 0 spiro atoms. The van der Waals surface area contributed by atoms with E-state index in [0.29, 0.717) is 28.4 Å². The van der Waals surface area contributed by atoms with Crippen LogP contribution in [0, 0.1) is 5.82 Å². The Kier molecular flexibility index (Phi) is 6.27. The molecule has 1 amide bonds. The van der Waals surface area contributed by atoms with Gasteiger partial charge in [-0.3, -0.25) is 4.79 Å². The van der Waals surface area contributed by atoms with Crippen LogP contribution in [0.3, 0.4) is 0 Å². The largest absolute Gasteiger partial charge is 0.497 e. The maximum Gasteiger partial charge on any atom is 0.291 e. The fourth-order valence-electron chi connectivity index (χ4n) is 4.71. The third kappa shape index (κ3) is 4.39. The Labute approximate surface area is 202 Å². The van der Waals surface area contributed by atoms with Crippen LogP contribution < -0.4 is 14.8 Å². The van der Waals surface area contributed by atoms with Gasteiger partial charge < -0.3 is 23.8 Å². The van der Waals surface area contributed by atoms with E-state index >= 15 is 0 Å².